The van der Waals surface area contributed by atoms with Gasteiger partial charge in [-0.3, -0.25) is 9.59 Å². The number of rotatable bonds is 5. The molecule has 2 aliphatic carbocycles. The van der Waals surface area contributed by atoms with Crippen molar-refractivity contribution in [1.29, 1.82) is 0 Å². The van der Waals surface area contributed by atoms with E-state index in [0.717, 1.165) is 43.1 Å². The normalized spacial score (nSPS) is 35.5. The van der Waals surface area contributed by atoms with E-state index in [2.05, 4.69) is 39.8 Å². The molecule has 0 aliphatic heterocycles. The van der Waals surface area contributed by atoms with Crippen molar-refractivity contribution in [3.05, 3.63) is 23.3 Å². The van der Waals surface area contributed by atoms with Gasteiger partial charge in [-0.2, -0.15) is 0 Å². The molecule has 0 fully saturated rings. The number of ketones is 1. The molecule has 0 aromatic heterocycles. The molecule has 122 valence electrons. The fourth-order valence-corrected chi connectivity index (χ4v) is 4.50. The Balaban J connectivity index is 2.16. The smallest absolute Gasteiger partial charge is 0.158 e. The third-order valence-electron chi connectivity index (χ3n) is 6.14. The summed E-state index contributed by atoms with van der Waals surface area (Å²) in [5, 5.41) is 0. The molecule has 2 rings (SSSR count). The summed E-state index contributed by atoms with van der Waals surface area (Å²) >= 11 is 0. The summed E-state index contributed by atoms with van der Waals surface area (Å²) in [5.41, 5.74) is 1.99. The maximum absolute atomic E-state index is 11.7. The highest BCUT2D eigenvalue weighted by Gasteiger charge is 2.43. The number of carbonyl (C=O) groups excluding carboxylic acids is 2. The van der Waals surface area contributed by atoms with Gasteiger partial charge in [0.25, 0.3) is 0 Å². The lowest BCUT2D eigenvalue weighted by atomic mass is 9.64. The summed E-state index contributed by atoms with van der Waals surface area (Å²) in [4.78, 5) is 23.2. The minimum absolute atomic E-state index is 0.0118. The molecular weight excluding hydrogens is 272 g/mol. The molecular formula is C20H30O2. The Morgan fingerprint density at radius 1 is 1.32 bits per heavy atom. The van der Waals surface area contributed by atoms with Crippen molar-refractivity contribution in [3.8, 4) is 0 Å². The lowest BCUT2D eigenvalue weighted by Crippen LogP contribution is -2.32. The molecule has 0 saturated heterocycles. The van der Waals surface area contributed by atoms with Crippen LogP contribution in [0.2, 0.25) is 0 Å². The molecule has 2 heteroatoms. The van der Waals surface area contributed by atoms with Crippen LogP contribution in [0.1, 0.15) is 66.7 Å². The lowest BCUT2D eigenvalue weighted by molar-refractivity contribution is -0.116. The van der Waals surface area contributed by atoms with E-state index in [4.69, 9.17) is 0 Å². The van der Waals surface area contributed by atoms with E-state index < -0.39 is 0 Å². The number of carbonyl (C=O) groups is 2. The highest BCUT2D eigenvalue weighted by atomic mass is 16.1. The third-order valence-corrected chi connectivity index (χ3v) is 6.14. The molecule has 0 bridgehead atoms. The van der Waals surface area contributed by atoms with Crippen LogP contribution in [-0.4, -0.2) is 12.1 Å². The zero-order chi connectivity index (χ0) is 16.5. The van der Waals surface area contributed by atoms with Crippen LogP contribution in [-0.2, 0) is 9.59 Å². The first-order valence-electron chi connectivity index (χ1n) is 8.60. The molecule has 3 atom stereocenters. The molecule has 0 unspecified atom stereocenters. The number of allylic oxidation sites excluding steroid dienone is 4. The van der Waals surface area contributed by atoms with Crippen molar-refractivity contribution in [2.24, 2.45) is 22.7 Å². The van der Waals surface area contributed by atoms with E-state index in [9.17, 15) is 9.59 Å². The lowest BCUT2D eigenvalue weighted by Gasteiger charge is -2.39. The van der Waals surface area contributed by atoms with Crippen LogP contribution in [0.4, 0.5) is 0 Å². The van der Waals surface area contributed by atoms with Crippen LogP contribution in [0.3, 0.4) is 0 Å². The van der Waals surface area contributed by atoms with E-state index in [-0.39, 0.29) is 16.6 Å². The number of aldehydes is 1. The zero-order valence-corrected chi connectivity index (χ0v) is 14.7. The first-order valence-corrected chi connectivity index (χ1v) is 8.60. The second kappa shape index (κ2) is 6.14. The Morgan fingerprint density at radius 2 is 2.00 bits per heavy atom. The van der Waals surface area contributed by atoms with Gasteiger partial charge in [0.05, 0.1) is 0 Å². The van der Waals surface area contributed by atoms with Crippen LogP contribution >= 0.6 is 0 Å². The third kappa shape index (κ3) is 3.11. The van der Waals surface area contributed by atoms with Crippen molar-refractivity contribution in [1.82, 2.24) is 0 Å². The highest BCUT2D eigenvalue weighted by molar-refractivity contribution is 5.95. The molecule has 0 spiro atoms. The molecule has 2 aliphatic rings. The van der Waals surface area contributed by atoms with Crippen LogP contribution in [0, 0.1) is 22.7 Å². The zero-order valence-electron chi connectivity index (χ0n) is 14.7. The second-order valence-corrected chi connectivity index (χ2v) is 8.19. The van der Waals surface area contributed by atoms with Crippen molar-refractivity contribution in [2.75, 3.05) is 0 Å². The average molecular weight is 302 g/mol. The van der Waals surface area contributed by atoms with Gasteiger partial charge in [-0.05, 0) is 66.4 Å². The number of Topliss-reactive ketones (excluding diaryl/α,β-unsaturated/α-hetero) is 1. The molecule has 0 aromatic carbocycles. The van der Waals surface area contributed by atoms with E-state index >= 15 is 0 Å². The standard InChI is InChI=1S/C20H30O2/c1-14(2)17-7-6-16(13-21)20(17,5)11-10-19(4)9-8-18(22)15(3)12-19/h6,12-14,17H,7-11H2,1-5H3/t17-,19-,20+/m1/s1. The van der Waals surface area contributed by atoms with Crippen LogP contribution in [0.15, 0.2) is 23.3 Å². The van der Waals surface area contributed by atoms with E-state index in [1.165, 1.54) is 0 Å². The van der Waals surface area contributed by atoms with Crippen molar-refractivity contribution >= 4 is 12.1 Å². The predicted octanol–water partition coefficient (Wildman–Crippen LogP) is 4.89. The fourth-order valence-electron chi connectivity index (χ4n) is 4.50. The summed E-state index contributed by atoms with van der Waals surface area (Å²) < 4.78 is 0. The van der Waals surface area contributed by atoms with E-state index in [0.29, 0.717) is 18.3 Å². The highest BCUT2D eigenvalue weighted by Crippen LogP contribution is 2.51. The molecule has 0 N–H and O–H groups in total. The van der Waals surface area contributed by atoms with Gasteiger partial charge >= 0.3 is 0 Å². The van der Waals surface area contributed by atoms with Crippen LogP contribution < -0.4 is 0 Å². The second-order valence-electron chi connectivity index (χ2n) is 8.19. The molecule has 0 amide bonds. The first-order chi connectivity index (χ1) is 10.2. The van der Waals surface area contributed by atoms with Crippen LogP contribution in [0.5, 0.6) is 0 Å². The Bertz CT molecular complexity index is 526. The topological polar surface area (TPSA) is 34.1 Å². The maximum Gasteiger partial charge on any atom is 0.158 e. The van der Waals surface area contributed by atoms with Gasteiger partial charge in [0, 0.05) is 6.42 Å². The van der Waals surface area contributed by atoms with Gasteiger partial charge in [-0.1, -0.05) is 39.8 Å². The fraction of sp³-hybridized carbons (Fsp3) is 0.700. The molecule has 0 aromatic rings. The Hall–Kier alpha value is -1.18. The van der Waals surface area contributed by atoms with E-state index in [1.54, 1.807) is 0 Å². The van der Waals surface area contributed by atoms with Gasteiger partial charge in [0.1, 0.15) is 6.29 Å². The molecule has 0 heterocycles. The Kier molecular flexibility index (Phi) is 4.79. The predicted molar refractivity (Wildman–Crippen MR) is 90.5 cm³/mol. The largest absolute Gasteiger partial charge is 0.298 e. The summed E-state index contributed by atoms with van der Waals surface area (Å²) in [6, 6.07) is 0. The minimum Gasteiger partial charge on any atom is -0.298 e. The molecule has 2 nitrogen and oxygen atoms in total. The van der Waals surface area contributed by atoms with Gasteiger partial charge in [0.15, 0.2) is 5.78 Å². The van der Waals surface area contributed by atoms with Crippen LogP contribution in [0.25, 0.3) is 0 Å². The number of hydrogen-bond acceptors (Lipinski definition) is 2. The van der Waals surface area contributed by atoms with Crippen molar-refractivity contribution < 1.29 is 9.59 Å². The maximum atomic E-state index is 11.7. The number of hydrogen-bond donors (Lipinski definition) is 0. The monoisotopic (exact) mass is 302 g/mol. The summed E-state index contributed by atoms with van der Waals surface area (Å²) in [7, 11) is 0. The average Bonchev–Trinajstić information content (AvgIpc) is 2.79. The SMILES string of the molecule is CC1=C[C@@](C)(CC[C@@]2(C)C(C=O)=CC[C@@H]2C(C)C)CCC1=O. The van der Waals surface area contributed by atoms with Crippen molar-refractivity contribution in [2.45, 2.75) is 66.7 Å². The van der Waals surface area contributed by atoms with Gasteiger partial charge in [0.2, 0.25) is 0 Å². The Labute approximate surface area is 135 Å². The molecule has 0 saturated carbocycles. The summed E-state index contributed by atoms with van der Waals surface area (Å²) in [5.74, 6) is 1.42. The molecule has 22 heavy (non-hydrogen) atoms. The quantitative estimate of drug-likeness (QED) is 0.678. The van der Waals surface area contributed by atoms with Crippen molar-refractivity contribution in [3.63, 3.8) is 0 Å². The van der Waals surface area contributed by atoms with E-state index in [1.807, 2.05) is 6.92 Å². The first kappa shape index (κ1) is 17.2. The Morgan fingerprint density at radius 3 is 2.55 bits per heavy atom. The summed E-state index contributed by atoms with van der Waals surface area (Å²) in [6.45, 7) is 11.0. The molecule has 0 radical (unpaired) electrons. The van der Waals surface area contributed by atoms with Gasteiger partial charge < -0.3 is 0 Å². The summed E-state index contributed by atoms with van der Waals surface area (Å²) in [6.07, 6.45) is 10.1. The van der Waals surface area contributed by atoms with Gasteiger partial charge in [-0.15, -0.1) is 0 Å². The van der Waals surface area contributed by atoms with Gasteiger partial charge in [-0.25, -0.2) is 0 Å². The minimum atomic E-state index is -0.0118.